The molecule has 0 spiro atoms. The summed E-state index contributed by atoms with van der Waals surface area (Å²) in [5.74, 6) is -2.54. The summed E-state index contributed by atoms with van der Waals surface area (Å²) in [6.45, 7) is 5.24. The van der Waals surface area contributed by atoms with Crippen LogP contribution in [0.15, 0.2) is 53.3 Å². The van der Waals surface area contributed by atoms with Crippen molar-refractivity contribution in [1.29, 1.82) is 0 Å². The lowest BCUT2D eigenvalue weighted by molar-refractivity contribution is 0.0894. The number of nitrogens with zero attached hydrogens (tertiary/aromatic N) is 2. The van der Waals surface area contributed by atoms with Gasteiger partial charge in [-0.25, -0.2) is 8.78 Å². The average molecular weight is 427 g/mol. The molecule has 3 rings (SSSR count). The molecule has 1 heterocycles. The van der Waals surface area contributed by atoms with Gasteiger partial charge in [-0.3, -0.25) is 9.59 Å². The number of rotatable bonds is 6. The number of halogens is 2. The van der Waals surface area contributed by atoms with Gasteiger partial charge < -0.3 is 10.4 Å². The number of carbonyl (C=O) groups is 1. The van der Waals surface area contributed by atoms with Crippen molar-refractivity contribution in [3.8, 4) is 16.9 Å². The topological polar surface area (TPSA) is 84.2 Å². The van der Waals surface area contributed by atoms with Crippen molar-refractivity contribution >= 4 is 5.91 Å². The molecule has 0 aliphatic rings. The fraction of sp³-hybridized carbons (Fsp3) is 0.261. The van der Waals surface area contributed by atoms with Crippen LogP contribution in [-0.4, -0.2) is 33.4 Å². The summed E-state index contributed by atoms with van der Waals surface area (Å²) < 4.78 is 28.4. The van der Waals surface area contributed by atoms with Gasteiger partial charge in [0.2, 0.25) is 0 Å². The second-order valence-corrected chi connectivity index (χ2v) is 7.66. The fourth-order valence-corrected chi connectivity index (χ4v) is 3.03. The second-order valence-electron chi connectivity index (χ2n) is 7.66. The molecule has 31 heavy (non-hydrogen) atoms. The molecule has 2 N–H and O–H groups in total. The minimum Gasteiger partial charge on any atom is -0.394 e. The van der Waals surface area contributed by atoms with E-state index in [2.05, 4.69) is 10.4 Å². The number of aromatic nitrogens is 2. The molecule has 0 saturated carbocycles. The summed E-state index contributed by atoms with van der Waals surface area (Å²) in [7, 11) is 0. The molecule has 8 heteroatoms. The summed E-state index contributed by atoms with van der Waals surface area (Å²) >= 11 is 0. The van der Waals surface area contributed by atoms with E-state index in [0.717, 1.165) is 22.4 Å². The number of hydrogen-bond donors (Lipinski definition) is 2. The summed E-state index contributed by atoms with van der Waals surface area (Å²) in [5, 5.41) is 16.4. The number of benzene rings is 2. The number of nitrogens with one attached hydrogen (secondary N) is 1. The normalized spacial score (nSPS) is 12.1. The highest BCUT2D eigenvalue weighted by molar-refractivity contribution is 5.95. The van der Waals surface area contributed by atoms with Crippen LogP contribution in [0.25, 0.3) is 16.9 Å². The predicted molar refractivity (Wildman–Crippen MR) is 113 cm³/mol. The summed E-state index contributed by atoms with van der Waals surface area (Å²) in [5.41, 5.74) is 0.665. The molecular weight excluding hydrogens is 404 g/mol. The predicted octanol–water partition coefficient (Wildman–Crippen LogP) is 3.23. The van der Waals surface area contributed by atoms with Gasteiger partial charge in [-0.05, 0) is 31.0 Å². The summed E-state index contributed by atoms with van der Waals surface area (Å²) in [6.07, 6.45) is 0. The number of aliphatic hydroxyl groups is 1. The lowest BCUT2D eigenvalue weighted by Crippen LogP contribution is -2.43. The summed E-state index contributed by atoms with van der Waals surface area (Å²) in [4.78, 5) is 25.9. The molecular formula is C23H23F2N3O3. The largest absolute Gasteiger partial charge is 0.394 e. The first-order chi connectivity index (χ1) is 14.7. The Balaban J connectivity index is 2.19. The third-order valence-corrected chi connectivity index (χ3v) is 4.91. The zero-order chi connectivity index (χ0) is 22.7. The van der Waals surface area contributed by atoms with Crippen LogP contribution in [0.2, 0.25) is 0 Å². The molecule has 3 aromatic rings. The maximum atomic E-state index is 13.8. The standard InChI is InChI=1S/C23H23F2N3O3/c1-13(2)21(12-29)26-22(30)19-11-20(15-6-4-14(3)5-7-15)27-28(23(19)31)18-9-16(24)8-17(25)10-18/h4-11,13,21,29H,12H2,1-3H3,(H,26,30). The maximum Gasteiger partial charge on any atom is 0.284 e. The molecule has 0 radical (unpaired) electrons. The Morgan fingerprint density at radius 3 is 2.26 bits per heavy atom. The van der Waals surface area contributed by atoms with Crippen LogP contribution in [0.3, 0.4) is 0 Å². The van der Waals surface area contributed by atoms with Gasteiger partial charge >= 0.3 is 0 Å². The number of aryl methyl sites for hydroxylation is 1. The third kappa shape index (κ3) is 5.03. The minimum atomic E-state index is -0.879. The first kappa shape index (κ1) is 22.3. The molecule has 2 aromatic carbocycles. The molecule has 1 aromatic heterocycles. The average Bonchev–Trinajstić information content (AvgIpc) is 2.71. The van der Waals surface area contributed by atoms with E-state index in [1.165, 1.54) is 6.07 Å². The molecule has 162 valence electrons. The second kappa shape index (κ2) is 9.18. The van der Waals surface area contributed by atoms with E-state index >= 15 is 0 Å². The van der Waals surface area contributed by atoms with Crippen molar-refractivity contribution in [2.24, 2.45) is 5.92 Å². The van der Waals surface area contributed by atoms with Gasteiger partial charge in [0.05, 0.1) is 24.0 Å². The van der Waals surface area contributed by atoms with Gasteiger partial charge in [0.1, 0.15) is 17.2 Å². The number of carbonyl (C=O) groups excluding carboxylic acids is 1. The van der Waals surface area contributed by atoms with E-state index in [0.29, 0.717) is 11.6 Å². The van der Waals surface area contributed by atoms with Crippen molar-refractivity contribution in [3.63, 3.8) is 0 Å². The summed E-state index contributed by atoms with van der Waals surface area (Å²) in [6, 6.07) is 10.6. The van der Waals surface area contributed by atoms with E-state index < -0.39 is 29.1 Å². The SMILES string of the molecule is Cc1ccc(-c2cc(C(=O)NC(CO)C(C)C)c(=O)n(-c3cc(F)cc(F)c3)n2)cc1. The number of aliphatic hydroxyl groups excluding tert-OH is 1. The van der Waals surface area contributed by atoms with Crippen LogP contribution in [-0.2, 0) is 0 Å². The highest BCUT2D eigenvalue weighted by atomic mass is 19.1. The first-order valence-electron chi connectivity index (χ1n) is 9.79. The Morgan fingerprint density at radius 2 is 1.71 bits per heavy atom. The molecule has 0 aliphatic heterocycles. The third-order valence-electron chi connectivity index (χ3n) is 4.91. The van der Waals surface area contributed by atoms with E-state index in [1.54, 1.807) is 12.1 Å². The van der Waals surface area contributed by atoms with Crippen LogP contribution in [0, 0.1) is 24.5 Å². The highest BCUT2D eigenvalue weighted by Gasteiger charge is 2.22. The van der Waals surface area contributed by atoms with Crippen molar-refractivity contribution < 1.29 is 18.7 Å². The smallest absolute Gasteiger partial charge is 0.284 e. The first-order valence-corrected chi connectivity index (χ1v) is 9.79. The van der Waals surface area contributed by atoms with Crippen molar-refractivity contribution in [2.45, 2.75) is 26.8 Å². The monoisotopic (exact) mass is 427 g/mol. The zero-order valence-electron chi connectivity index (χ0n) is 17.4. The minimum absolute atomic E-state index is 0.0769. The van der Waals surface area contributed by atoms with E-state index in [4.69, 9.17) is 0 Å². The van der Waals surface area contributed by atoms with E-state index in [9.17, 15) is 23.5 Å². The molecule has 1 atom stereocenters. The molecule has 6 nitrogen and oxygen atoms in total. The Bertz CT molecular complexity index is 1140. The molecule has 0 saturated heterocycles. The molecule has 0 aliphatic carbocycles. The lowest BCUT2D eigenvalue weighted by Gasteiger charge is -2.20. The Hall–Kier alpha value is -3.39. The van der Waals surface area contributed by atoms with Crippen LogP contribution in [0.1, 0.15) is 29.8 Å². The molecule has 0 fully saturated rings. The van der Waals surface area contributed by atoms with Gasteiger partial charge in [0, 0.05) is 11.6 Å². The van der Waals surface area contributed by atoms with Gasteiger partial charge in [-0.15, -0.1) is 0 Å². The molecule has 1 unspecified atom stereocenters. The maximum absolute atomic E-state index is 13.8. The van der Waals surface area contributed by atoms with Crippen molar-refractivity contribution in [3.05, 3.63) is 81.6 Å². The zero-order valence-corrected chi connectivity index (χ0v) is 17.4. The number of amides is 1. The quantitative estimate of drug-likeness (QED) is 0.633. The van der Waals surface area contributed by atoms with Gasteiger partial charge in [0.15, 0.2) is 0 Å². The van der Waals surface area contributed by atoms with Gasteiger partial charge in [0.25, 0.3) is 11.5 Å². The van der Waals surface area contributed by atoms with Crippen molar-refractivity contribution in [1.82, 2.24) is 15.1 Å². The Kier molecular flexibility index (Phi) is 6.60. The van der Waals surface area contributed by atoms with Gasteiger partial charge in [-0.1, -0.05) is 43.7 Å². The molecule has 0 bridgehead atoms. The van der Waals surface area contributed by atoms with Crippen LogP contribution in [0.5, 0.6) is 0 Å². The molecule has 1 amide bonds. The fourth-order valence-electron chi connectivity index (χ4n) is 3.03. The van der Waals surface area contributed by atoms with Gasteiger partial charge in [-0.2, -0.15) is 9.78 Å². The van der Waals surface area contributed by atoms with Crippen LogP contribution >= 0.6 is 0 Å². The van der Waals surface area contributed by atoms with E-state index in [-0.39, 0.29) is 29.5 Å². The Labute approximate surface area is 178 Å². The van der Waals surface area contributed by atoms with Crippen LogP contribution < -0.4 is 10.9 Å². The number of hydrogen-bond acceptors (Lipinski definition) is 4. The van der Waals surface area contributed by atoms with Crippen molar-refractivity contribution in [2.75, 3.05) is 6.61 Å². The lowest BCUT2D eigenvalue weighted by atomic mass is 10.0. The van der Waals surface area contributed by atoms with E-state index in [1.807, 2.05) is 32.9 Å². The van der Waals surface area contributed by atoms with Crippen LogP contribution in [0.4, 0.5) is 8.78 Å². The highest BCUT2D eigenvalue weighted by Crippen LogP contribution is 2.19. The Morgan fingerprint density at radius 1 is 1.10 bits per heavy atom.